The molecular weight excluding hydrogens is 446 g/mol. The number of hydrogen-bond donors (Lipinski definition) is 2. The van der Waals surface area contributed by atoms with Crippen molar-refractivity contribution in [3.8, 4) is 5.75 Å². The molecule has 2 aromatic carbocycles. The summed E-state index contributed by atoms with van der Waals surface area (Å²) < 4.78 is 32.8. The topological polar surface area (TPSA) is 123 Å². The van der Waals surface area contributed by atoms with Crippen LogP contribution < -0.4 is 15.4 Å². The molecular formula is C22H25N5O5S. The van der Waals surface area contributed by atoms with Gasteiger partial charge in [-0.3, -0.25) is 14.3 Å². The Morgan fingerprint density at radius 3 is 2.58 bits per heavy atom. The fourth-order valence-corrected chi connectivity index (χ4v) is 4.08. The maximum absolute atomic E-state index is 12.7. The van der Waals surface area contributed by atoms with Gasteiger partial charge in [0.05, 0.1) is 7.11 Å². The zero-order valence-electron chi connectivity index (χ0n) is 18.5. The monoisotopic (exact) mass is 471 g/mol. The van der Waals surface area contributed by atoms with E-state index in [1.807, 2.05) is 0 Å². The van der Waals surface area contributed by atoms with Gasteiger partial charge in [-0.2, -0.15) is 5.10 Å². The van der Waals surface area contributed by atoms with Gasteiger partial charge < -0.3 is 15.4 Å². The van der Waals surface area contributed by atoms with Crippen LogP contribution in [0.4, 0.5) is 5.69 Å². The Bertz CT molecular complexity index is 1240. The van der Waals surface area contributed by atoms with Crippen molar-refractivity contribution < 1.29 is 22.7 Å². The first-order valence-electron chi connectivity index (χ1n) is 9.95. The average Bonchev–Trinajstić information content (AvgIpc) is 3.30. The van der Waals surface area contributed by atoms with E-state index in [1.165, 1.54) is 44.1 Å². The number of carbonyl (C=O) groups excluding carboxylic acids is 2. The summed E-state index contributed by atoms with van der Waals surface area (Å²) in [6.45, 7) is 0.271. The molecule has 174 valence electrons. The third-order valence-electron chi connectivity index (χ3n) is 4.71. The van der Waals surface area contributed by atoms with Crippen LogP contribution in [0.1, 0.15) is 15.9 Å². The summed E-state index contributed by atoms with van der Waals surface area (Å²) in [4.78, 5) is 24.7. The first-order valence-corrected chi connectivity index (χ1v) is 11.4. The fraction of sp³-hybridized carbons (Fsp3) is 0.227. The molecule has 3 rings (SSSR count). The van der Waals surface area contributed by atoms with E-state index in [9.17, 15) is 18.0 Å². The molecule has 11 heteroatoms. The van der Waals surface area contributed by atoms with Crippen molar-refractivity contribution in [2.45, 2.75) is 18.0 Å². The van der Waals surface area contributed by atoms with Crippen LogP contribution in [0, 0.1) is 0 Å². The normalized spacial score (nSPS) is 11.3. The Hall–Kier alpha value is -3.70. The maximum Gasteiger partial charge on any atom is 0.251 e. The van der Waals surface area contributed by atoms with Crippen molar-refractivity contribution >= 4 is 27.5 Å². The molecule has 0 atom stereocenters. The number of aromatic nitrogens is 2. The molecule has 0 spiro atoms. The summed E-state index contributed by atoms with van der Waals surface area (Å²) in [6, 6.07) is 13.0. The minimum absolute atomic E-state index is 0.0869. The van der Waals surface area contributed by atoms with Crippen LogP contribution in [0.2, 0.25) is 0 Å². The number of hydrogen-bond acceptors (Lipinski definition) is 6. The van der Waals surface area contributed by atoms with Gasteiger partial charge in [-0.15, -0.1) is 0 Å². The van der Waals surface area contributed by atoms with Crippen molar-refractivity contribution in [2.24, 2.45) is 0 Å². The Balaban J connectivity index is 1.67. The van der Waals surface area contributed by atoms with Gasteiger partial charge >= 0.3 is 0 Å². The van der Waals surface area contributed by atoms with Crippen LogP contribution in [0.3, 0.4) is 0 Å². The minimum Gasteiger partial charge on any atom is -0.495 e. The third-order valence-corrected chi connectivity index (χ3v) is 6.55. The van der Waals surface area contributed by atoms with Crippen LogP contribution in [0.15, 0.2) is 65.8 Å². The van der Waals surface area contributed by atoms with Gasteiger partial charge in [-0.05, 0) is 42.0 Å². The number of methoxy groups -OCH3 is 1. The predicted octanol–water partition coefficient (Wildman–Crippen LogP) is 1.71. The number of nitrogens with one attached hydrogen (secondary N) is 2. The molecule has 2 N–H and O–H groups in total. The molecule has 0 radical (unpaired) electrons. The molecule has 0 unspecified atom stereocenters. The summed E-state index contributed by atoms with van der Waals surface area (Å²) >= 11 is 0. The van der Waals surface area contributed by atoms with Crippen LogP contribution >= 0.6 is 0 Å². The van der Waals surface area contributed by atoms with E-state index >= 15 is 0 Å². The molecule has 0 saturated carbocycles. The lowest BCUT2D eigenvalue weighted by molar-refractivity contribution is -0.116. The summed E-state index contributed by atoms with van der Waals surface area (Å²) in [5.74, 6) is -0.521. The average molecular weight is 472 g/mol. The molecule has 33 heavy (non-hydrogen) atoms. The second-order valence-electron chi connectivity index (χ2n) is 7.29. The lowest BCUT2D eigenvalue weighted by Crippen LogP contribution is -2.25. The van der Waals surface area contributed by atoms with Crippen molar-refractivity contribution in [3.63, 3.8) is 0 Å². The summed E-state index contributed by atoms with van der Waals surface area (Å²) in [5.41, 5.74) is 1.53. The van der Waals surface area contributed by atoms with Gasteiger partial charge in [0.25, 0.3) is 5.91 Å². The first kappa shape index (κ1) is 24.0. The van der Waals surface area contributed by atoms with Crippen LogP contribution in [-0.2, 0) is 27.9 Å². The van der Waals surface area contributed by atoms with Crippen molar-refractivity contribution in [1.29, 1.82) is 0 Å². The number of nitrogens with zero attached hydrogens (tertiary/aromatic N) is 3. The molecule has 0 aliphatic carbocycles. The first-order chi connectivity index (χ1) is 15.7. The van der Waals surface area contributed by atoms with Crippen LogP contribution in [0.25, 0.3) is 0 Å². The predicted molar refractivity (Wildman–Crippen MR) is 122 cm³/mol. The SMILES string of the molecule is COc1ccc(C(=O)NCc2cccc(NC(=O)Cn3cccn3)c2)cc1S(=O)(=O)N(C)C. The number of sulfonamides is 1. The smallest absolute Gasteiger partial charge is 0.251 e. The largest absolute Gasteiger partial charge is 0.495 e. The van der Waals surface area contributed by atoms with Crippen molar-refractivity contribution in [3.05, 3.63) is 72.1 Å². The molecule has 0 aliphatic heterocycles. The number of amides is 2. The van der Waals surface area contributed by atoms with Crippen molar-refractivity contribution in [1.82, 2.24) is 19.4 Å². The van der Waals surface area contributed by atoms with Gasteiger partial charge in [0.1, 0.15) is 17.2 Å². The van der Waals surface area contributed by atoms with Gasteiger partial charge in [0, 0.05) is 44.3 Å². The molecule has 1 heterocycles. The van der Waals surface area contributed by atoms with Gasteiger partial charge in [-0.25, -0.2) is 12.7 Å². The quantitative estimate of drug-likeness (QED) is 0.490. The van der Waals surface area contributed by atoms with E-state index in [0.29, 0.717) is 5.69 Å². The third kappa shape index (κ3) is 5.96. The summed E-state index contributed by atoms with van der Waals surface area (Å²) in [5, 5.41) is 9.55. The number of ether oxygens (including phenoxy) is 1. The molecule has 0 fully saturated rings. The molecule has 3 aromatic rings. The second-order valence-corrected chi connectivity index (χ2v) is 9.41. The second kappa shape index (κ2) is 10.3. The zero-order valence-corrected chi connectivity index (χ0v) is 19.3. The van der Waals surface area contributed by atoms with Crippen LogP contribution in [0.5, 0.6) is 5.75 Å². The van der Waals surface area contributed by atoms with Gasteiger partial charge in [0.2, 0.25) is 15.9 Å². The Morgan fingerprint density at radius 2 is 1.91 bits per heavy atom. The van der Waals surface area contributed by atoms with Gasteiger partial charge in [-0.1, -0.05) is 12.1 Å². The van der Waals surface area contributed by atoms with E-state index in [1.54, 1.807) is 42.7 Å². The van der Waals surface area contributed by atoms with E-state index in [2.05, 4.69) is 15.7 Å². The number of rotatable bonds is 9. The highest BCUT2D eigenvalue weighted by Crippen LogP contribution is 2.27. The molecule has 0 bridgehead atoms. The highest BCUT2D eigenvalue weighted by Gasteiger charge is 2.23. The molecule has 2 amide bonds. The standard InChI is InChI=1S/C22H25N5O5S/c1-26(2)33(30,31)20-13-17(8-9-19(20)32-3)22(29)23-14-16-6-4-7-18(12-16)25-21(28)15-27-11-5-10-24-27/h4-13H,14-15H2,1-3H3,(H,23,29)(H,25,28). The Kier molecular flexibility index (Phi) is 7.46. The summed E-state index contributed by atoms with van der Waals surface area (Å²) in [6.07, 6.45) is 3.29. The highest BCUT2D eigenvalue weighted by atomic mass is 32.2. The maximum atomic E-state index is 12.7. The number of anilines is 1. The molecule has 10 nitrogen and oxygen atoms in total. The van der Waals surface area contributed by atoms with E-state index in [4.69, 9.17) is 4.74 Å². The Labute approximate surface area is 192 Å². The van der Waals surface area contributed by atoms with E-state index in [-0.39, 0.29) is 35.2 Å². The number of carbonyl (C=O) groups is 2. The van der Waals surface area contributed by atoms with E-state index in [0.717, 1.165) is 9.87 Å². The Morgan fingerprint density at radius 1 is 1.12 bits per heavy atom. The van der Waals surface area contributed by atoms with Crippen LogP contribution in [-0.4, -0.2) is 55.5 Å². The number of benzene rings is 2. The molecule has 0 saturated heterocycles. The fourth-order valence-electron chi connectivity index (χ4n) is 3.00. The molecule has 1 aromatic heterocycles. The zero-order chi connectivity index (χ0) is 24.0. The lowest BCUT2D eigenvalue weighted by atomic mass is 10.1. The van der Waals surface area contributed by atoms with E-state index < -0.39 is 15.9 Å². The lowest BCUT2D eigenvalue weighted by Gasteiger charge is -2.15. The minimum atomic E-state index is -3.80. The summed E-state index contributed by atoms with van der Waals surface area (Å²) in [7, 11) is 0.379. The van der Waals surface area contributed by atoms with Gasteiger partial charge in [0.15, 0.2) is 0 Å². The highest BCUT2D eigenvalue weighted by molar-refractivity contribution is 7.89. The van der Waals surface area contributed by atoms with Crippen molar-refractivity contribution in [2.75, 3.05) is 26.5 Å². The molecule has 0 aliphatic rings.